The molecule has 1 unspecified atom stereocenters. The summed E-state index contributed by atoms with van der Waals surface area (Å²) in [6.07, 6.45) is 1.29. The van der Waals surface area contributed by atoms with Crippen LogP contribution in [0.5, 0.6) is 5.75 Å². The summed E-state index contributed by atoms with van der Waals surface area (Å²) in [6.45, 7) is 1.77. The van der Waals surface area contributed by atoms with Crippen LogP contribution in [0.4, 0.5) is 4.79 Å². The van der Waals surface area contributed by atoms with E-state index in [2.05, 4.69) is 0 Å². The van der Waals surface area contributed by atoms with E-state index in [-0.39, 0.29) is 0 Å². The van der Waals surface area contributed by atoms with E-state index < -0.39 is 12.3 Å². The van der Waals surface area contributed by atoms with Gasteiger partial charge in [0.05, 0.1) is 6.61 Å². The average Bonchev–Trinajstić information content (AvgIpc) is 2.52. The Labute approximate surface area is 130 Å². The predicted octanol–water partition coefficient (Wildman–Crippen LogP) is 1.67. The lowest BCUT2D eigenvalue weighted by Gasteiger charge is -2.29. The number of piperidine rings is 1. The van der Waals surface area contributed by atoms with Gasteiger partial charge in [0, 0.05) is 13.1 Å². The molecular weight excluding hydrogens is 284 g/mol. The van der Waals surface area contributed by atoms with Gasteiger partial charge in [0.25, 0.3) is 0 Å². The lowest BCUT2D eigenvalue weighted by molar-refractivity contribution is 0.111. The number of hydrogen-bond donors (Lipinski definition) is 3. The fourth-order valence-corrected chi connectivity index (χ4v) is 2.61. The van der Waals surface area contributed by atoms with E-state index in [0.717, 1.165) is 24.2 Å². The van der Waals surface area contributed by atoms with Crippen LogP contribution in [-0.2, 0) is 6.42 Å². The summed E-state index contributed by atoms with van der Waals surface area (Å²) in [6, 6.07) is 7.80. The number of ether oxygens (including phenoxy) is 1. The molecule has 1 aromatic rings. The minimum atomic E-state index is -0.839. The van der Waals surface area contributed by atoms with Crippen LogP contribution in [0.25, 0.3) is 0 Å². The maximum Gasteiger partial charge on any atom is 0.407 e. The maximum atomic E-state index is 10.9. The highest BCUT2D eigenvalue weighted by Crippen LogP contribution is 2.20. The van der Waals surface area contributed by atoms with Crippen LogP contribution in [0, 0.1) is 5.92 Å². The highest BCUT2D eigenvalue weighted by Gasteiger charge is 2.22. The molecule has 1 atom stereocenters. The molecule has 1 fully saturated rings. The quantitative estimate of drug-likeness (QED) is 0.695. The van der Waals surface area contributed by atoms with Gasteiger partial charge in [-0.25, -0.2) is 4.79 Å². The zero-order valence-corrected chi connectivity index (χ0v) is 12.6. The molecule has 122 valence electrons. The number of aryl methyl sites for hydroxylation is 1. The van der Waals surface area contributed by atoms with E-state index in [9.17, 15) is 4.79 Å². The van der Waals surface area contributed by atoms with Crippen LogP contribution in [0.2, 0.25) is 0 Å². The topological polar surface area (TPSA) is 96.0 Å². The molecule has 2 rings (SSSR count). The number of amides is 1. The lowest BCUT2D eigenvalue weighted by Crippen LogP contribution is -2.38. The standard InChI is InChI=1S/C16H24N2O4/c17-15(19)5-4-12-2-1-3-14(10-12)22-11-13-6-8-18(9-7-13)16(20)21/h1-3,10,13,15,19H,4-9,11,17H2,(H,20,21). The Balaban J connectivity index is 1.77. The SMILES string of the molecule is NC(O)CCc1cccc(OCC2CCN(C(=O)O)CC2)c1. The van der Waals surface area contributed by atoms with Gasteiger partial charge in [-0.2, -0.15) is 0 Å². The Morgan fingerprint density at radius 3 is 2.77 bits per heavy atom. The van der Waals surface area contributed by atoms with Gasteiger partial charge in [-0.15, -0.1) is 0 Å². The smallest absolute Gasteiger partial charge is 0.407 e. The highest BCUT2D eigenvalue weighted by molar-refractivity contribution is 5.64. The maximum absolute atomic E-state index is 10.9. The first-order chi connectivity index (χ1) is 10.5. The van der Waals surface area contributed by atoms with Crippen molar-refractivity contribution in [3.8, 4) is 5.75 Å². The summed E-state index contributed by atoms with van der Waals surface area (Å²) in [7, 11) is 0. The number of hydrogen-bond acceptors (Lipinski definition) is 4. The van der Waals surface area contributed by atoms with Crippen molar-refractivity contribution in [1.82, 2.24) is 4.90 Å². The number of aliphatic hydroxyl groups is 1. The number of nitrogens with two attached hydrogens (primary N) is 1. The first-order valence-electron chi connectivity index (χ1n) is 7.68. The molecule has 1 aromatic carbocycles. The lowest BCUT2D eigenvalue weighted by atomic mass is 9.98. The summed E-state index contributed by atoms with van der Waals surface area (Å²) in [5.74, 6) is 1.20. The monoisotopic (exact) mass is 308 g/mol. The number of aliphatic hydroxyl groups excluding tert-OH is 1. The molecule has 4 N–H and O–H groups in total. The molecule has 0 spiro atoms. The van der Waals surface area contributed by atoms with Gasteiger partial charge < -0.3 is 25.6 Å². The van der Waals surface area contributed by atoms with Crippen molar-refractivity contribution < 1.29 is 19.7 Å². The van der Waals surface area contributed by atoms with Crippen molar-refractivity contribution in [2.45, 2.75) is 31.9 Å². The fraction of sp³-hybridized carbons (Fsp3) is 0.562. The second kappa shape index (κ2) is 8.00. The van der Waals surface area contributed by atoms with Crippen LogP contribution in [0.15, 0.2) is 24.3 Å². The van der Waals surface area contributed by atoms with E-state index >= 15 is 0 Å². The third kappa shape index (κ3) is 5.20. The molecule has 1 amide bonds. The fourth-order valence-electron chi connectivity index (χ4n) is 2.61. The van der Waals surface area contributed by atoms with Crippen molar-refractivity contribution in [2.75, 3.05) is 19.7 Å². The molecule has 0 aromatic heterocycles. The van der Waals surface area contributed by atoms with Gasteiger partial charge in [-0.05, 0) is 49.3 Å². The molecule has 1 aliphatic rings. The first-order valence-corrected chi connectivity index (χ1v) is 7.68. The Morgan fingerprint density at radius 2 is 2.14 bits per heavy atom. The third-order valence-corrected chi connectivity index (χ3v) is 4.00. The van der Waals surface area contributed by atoms with Crippen LogP contribution in [0.1, 0.15) is 24.8 Å². The van der Waals surface area contributed by atoms with Gasteiger partial charge in [0.2, 0.25) is 0 Å². The minimum Gasteiger partial charge on any atom is -0.493 e. The van der Waals surface area contributed by atoms with E-state index in [0.29, 0.717) is 38.5 Å². The molecule has 0 saturated carbocycles. The zero-order valence-electron chi connectivity index (χ0n) is 12.6. The summed E-state index contributed by atoms with van der Waals surface area (Å²) in [5, 5.41) is 18.0. The average molecular weight is 308 g/mol. The molecular formula is C16H24N2O4. The second-order valence-corrected chi connectivity index (χ2v) is 5.78. The zero-order chi connectivity index (χ0) is 15.9. The normalized spacial score (nSPS) is 17.3. The number of carboxylic acid groups (broad SMARTS) is 1. The first kappa shape index (κ1) is 16.6. The molecule has 6 heteroatoms. The van der Waals surface area contributed by atoms with Crippen molar-refractivity contribution >= 4 is 6.09 Å². The number of likely N-dealkylation sites (tertiary alicyclic amines) is 1. The largest absolute Gasteiger partial charge is 0.493 e. The van der Waals surface area contributed by atoms with Gasteiger partial charge in [-0.3, -0.25) is 0 Å². The van der Waals surface area contributed by atoms with E-state index in [1.807, 2.05) is 24.3 Å². The Morgan fingerprint density at radius 1 is 1.41 bits per heavy atom. The van der Waals surface area contributed by atoms with E-state index in [1.165, 1.54) is 4.90 Å². The Bertz CT molecular complexity index is 485. The summed E-state index contributed by atoms with van der Waals surface area (Å²) in [5.41, 5.74) is 6.43. The summed E-state index contributed by atoms with van der Waals surface area (Å²) < 4.78 is 5.83. The van der Waals surface area contributed by atoms with Gasteiger partial charge >= 0.3 is 6.09 Å². The van der Waals surface area contributed by atoms with E-state index in [4.69, 9.17) is 20.7 Å². The molecule has 6 nitrogen and oxygen atoms in total. The summed E-state index contributed by atoms with van der Waals surface area (Å²) >= 11 is 0. The Hall–Kier alpha value is -1.79. The van der Waals surface area contributed by atoms with Crippen LogP contribution < -0.4 is 10.5 Å². The summed E-state index contributed by atoms with van der Waals surface area (Å²) in [4.78, 5) is 12.3. The van der Waals surface area contributed by atoms with Crippen LogP contribution in [-0.4, -0.2) is 47.1 Å². The van der Waals surface area contributed by atoms with Crippen molar-refractivity contribution in [3.05, 3.63) is 29.8 Å². The molecule has 22 heavy (non-hydrogen) atoms. The number of rotatable bonds is 6. The van der Waals surface area contributed by atoms with Crippen molar-refractivity contribution in [3.63, 3.8) is 0 Å². The number of benzene rings is 1. The van der Waals surface area contributed by atoms with E-state index in [1.54, 1.807) is 0 Å². The minimum absolute atomic E-state index is 0.394. The molecule has 1 heterocycles. The molecule has 1 saturated heterocycles. The number of nitrogens with zero attached hydrogens (tertiary/aromatic N) is 1. The van der Waals surface area contributed by atoms with Crippen molar-refractivity contribution in [2.24, 2.45) is 11.7 Å². The van der Waals surface area contributed by atoms with Gasteiger partial charge in [0.15, 0.2) is 0 Å². The molecule has 0 radical (unpaired) electrons. The van der Waals surface area contributed by atoms with Crippen LogP contribution >= 0.6 is 0 Å². The Kier molecular flexibility index (Phi) is 6.03. The third-order valence-electron chi connectivity index (χ3n) is 4.00. The molecule has 1 aliphatic heterocycles. The van der Waals surface area contributed by atoms with Crippen LogP contribution in [0.3, 0.4) is 0 Å². The highest BCUT2D eigenvalue weighted by atomic mass is 16.5. The van der Waals surface area contributed by atoms with Gasteiger partial charge in [-0.1, -0.05) is 12.1 Å². The number of carbonyl (C=O) groups is 1. The van der Waals surface area contributed by atoms with Gasteiger partial charge in [0.1, 0.15) is 12.0 Å². The van der Waals surface area contributed by atoms with Crippen molar-refractivity contribution in [1.29, 1.82) is 0 Å². The molecule has 0 aliphatic carbocycles. The molecule has 0 bridgehead atoms. The second-order valence-electron chi connectivity index (χ2n) is 5.78. The predicted molar refractivity (Wildman–Crippen MR) is 82.8 cm³/mol.